The monoisotopic (exact) mass is 482 g/mol. The summed E-state index contributed by atoms with van der Waals surface area (Å²) >= 11 is 0. The molecule has 2 saturated heterocycles. The summed E-state index contributed by atoms with van der Waals surface area (Å²) in [6.45, 7) is 7.94. The molecule has 2 aromatic carbocycles. The van der Waals surface area contributed by atoms with Crippen LogP contribution in [0.25, 0.3) is 0 Å². The Balaban J connectivity index is 1.56. The lowest BCUT2D eigenvalue weighted by molar-refractivity contribution is -0.276. The second-order valence-corrected chi connectivity index (χ2v) is 9.16. The van der Waals surface area contributed by atoms with Gasteiger partial charge in [-0.05, 0) is 29.7 Å². The first-order chi connectivity index (χ1) is 17.0. The van der Waals surface area contributed by atoms with Gasteiger partial charge >= 0.3 is 6.09 Å². The molecule has 0 unspecified atom stereocenters. The standard InChI is InChI=1S/C27H34N2O6/c1-3-13-33-27(32)28-22-6-4-5-21(14-22)26-34-24(16-29-12-11-23(31)15-29)18(2)25(35-26)20-9-7-19(17-30)8-10-20/h3-10,14,18,23-26,30-31H,1,11-13,15-17H2,2H3,(H,28,32)/t18-,23-,24+,25+,26+/m0/s1. The molecule has 1 amide bonds. The Hall–Kier alpha value is -2.75. The fraction of sp³-hybridized carbons (Fsp3) is 0.444. The number of benzene rings is 2. The summed E-state index contributed by atoms with van der Waals surface area (Å²) in [6, 6.07) is 15.1. The highest BCUT2D eigenvalue weighted by Gasteiger charge is 2.40. The van der Waals surface area contributed by atoms with Gasteiger partial charge in [0.25, 0.3) is 0 Å². The van der Waals surface area contributed by atoms with Gasteiger partial charge in [-0.25, -0.2) is 4.79 Å². The first-order valence-corrected chi connectivity index (χ1v) is 12.0. The summed E-state index contributed by atoms with van der Waals surface area (Å²) in [6.07, 6.45) is 0.414. The van der Waals surface area contributed by atoms with E-state index >= 15 is 0 Å². The fourth-order valence-electron chi connectivity index (χ4n) is 4.61. The Morgan fingerprint density at radius 1 is 1.23 bits per heavy atom. The van der Waals surface area contributed by atoms with Gasteiger partial charge in [-0.15, -0.1) is 0 Å². The van der Waals surface area contributed by atoms with Crippen molar-refractivity contribution in [1.29, 1.82) is 0 Å². The van der Waals surface area contributed by atoms with Crippen LogP contribution >= 0.6 is 0 Å². The number of hydrogen-bond donors (Lipinski definition) is 3. The van der Waals surface area contributed by atoms with Crippen molar-refractivity contribution in [3.63, 3.8) is 0 Å². The van der Waals surface area contributed by atoms with E-state index in [1.54, 1.807) is 6.07 Å². The molecule has 8 heteroatoms. The van der Waals surface area contributed by atoms with Gasteiger partial charge < -0.3 is 24.4 Å². The number of carbonyl (C=O) groups excluding carboxylic acids is 1. The van der Waals surface area contributed by atoms with Crippen LogP contribution in [0.3, 0.4) is 0 Å². The summed E-state index contributed by atoms with van der Waals surface area (Å²) in [5.74, 6) is 0.0548. The number of β-amino-alcohol motifs (C(OH)–C–C–N with tert-alkyl or cyclic N) is 1. The third-order valence-electron chi connectivity index (χ3n) is 6.55. The molecule has 35 heavy (non-hydrogen) atoms. The van der Waals surface area contributed by atoms with Gasteiger partial charge in [0.1, 0.15) is 6.61 Å². The van der Waals surface area contributed by atoms with Gasteiger partial charge in [0.15, 0.2) is 6.29 Å². The van der Waals surface area contributed by atoms with E-state index in [1.165, 1.54) is 6.08 Å². The van der Waals surface area contributed by atoms with Crippen molar-refractivity contribution in [3.8, 4) is 0 Å². The van der Waals surface area contributed by atoms with Gasteiger partial charge in [-0.2, -0.15) is 0 Å². The van der Waals surface area contributed by atoms with Crippen LogP contribution in [-0.4, -0.2) is 59.7 Å². The lowest BCUT2D eigenvalue weighted by Gasteiger charge is -2.42. The second-order valence-electron chi connectivity index (χ2n) is 9.16. The van der Waals surface area contributed by atoms with Gasteiger partial charge in [0, 0.05) is 36.8 Å². The van der Waals surface area contributed by atoms with Crippen molar-refractivity contribution >= 4 is 11.8 Å². The third-order valence-corrected chi connectivity index (χ3v) is 6.55. The predicted molar refractivity (Wildman–Crippen MR) is 132 cm³/mol. The summed E-state index contributed by atoms with van der Waals surface area (Å²) in [5.41, 5.74) is 3.21. The van der Waals surface area contributed by atoms with Crippen LogP contribution in [-0.2, 0) is 20.8 Å². The molecule has 0 spiro atoms. The number of aliphatic hydroxyl groups is 2. The molecule has 5 atom stereocenters. The average molecular weight is 483 g/mol. The van der Waals surface area contributed by atoms with Crippen LogP contribution in [0.15, 0.2) is 61.2 Å². The number of aliphatic hydroxyl groups excluding tert-OH is 2. The highest BCUT2D eigenvalue weighted by molar-refractivity contribution is 5.84. The molecule has 0 aromatic heterocycles. The largest absolute Gasteiger partial charge is 0.445 e. The fourth-order valence-corrected chi connectivity index (χ4v) is 4.61. The van der Waals surface area contributed by atoms with E-state index < -0.39 is 12.4 Å². The van der Waals surface area contributed by atoms with Crippen molar-refractivity contribution in [2.75, 3.05) is 31.6 Å². The lowest BCUT2D eigenvalue weighted by Crippen LogP contribution is -2.44. The minimum atomic E-state index is -0.641. The number of nitrogens with zero attached hydrogens (tertiary/aromatic N) is 1. The van der Waals surface area contributed by atoms with Gasteiger partial charge in [0.2, 0.25) is 0 Å². The Morgan fingerprint density at radius 3 is 2.71 bits per heavy atom. The molecular weight excluding hydrogens is 448 g/mol. The molecule has 2 aliphatic rings. The van der Waals surface area contributed by atoms with Crippen molar-refractivity contribution in [2.45, 2.75) is 44.6 Å². The highest BCUT2D eigenvalue weighted by atomic mass is 16.7. The molecule has 4 rings (SSSR count). The molecule has 0 bridgehead atoms. The zero-order valence-electron chi connectivity index (χ0n) is 20.0. The number of hydrogen-bond acceptors (Lipinski definition) is 7. The van der Waals surface area contributed by atoms with Crippen molar-refractivity contribution < 1.29 is 29.2 Å². The summed E-state index contributed by atoms with van der Waals surface area (Å²) < 4.78 is 17.9. The average Bonchev–Trinajstić information content (AvgIpc) is 3.28. The van der Waals surface area contributed by atoms with E-state index in [4.69, 9.17) is 14.2 Å². The molecular formula is C27H34N2O6. The number of rotatable bonds is 8. The minimum Gasteiger partial charge on any atom is -0.445 e. The maximum atomic E-state index is 12.0. The van der Waals surface area contributed by atoms with Gasteiger partial charge in [-0.3, -0.25) is 10.2 Å². The molecule has 2 fully saturated rings. The molecule has 8 nitrogen and oxygen atoms in total. The maximum Gasteiger partial charge on any atom is 0.411 e. The first kappa shape index (κ1) is 25.3. The molecule has 2 aromatic rings. The zero-order valence-corrected chi connectivity index (χ0v) is 20.0. The lowest BCUT2D eigenvalue weighted by atomic mass is 9.90. The Kier molecular flexibility index (Phi) is 8.54. The summed E-state index contributed by atoms with van der Waals surface area (Å²) in [7, 11) is 0. The molecule has 0 saturated carbocycles. The van der Waals surface area contributed by atoms with E-state index in [0.29, 0.717) is 18.8 Å². The Bertz CT molecular complexity index is 997. The molecule has 0 aliphatic carbocycles. The smallest absolute Gasteiger partial charge is 0.411 e. The van der Waals surface area contributed by atoms with E-state index in [9.17, 15) is 15.0 Å². The zero-order chi connectivity index (χ0) is 24.8. The third kappa shape index (κ3) is 6.48. The number of carbonyl (C=O) groups is 1. The minimum absolute atomic E-state index is 0.0119. The van der Waals surface area contributed by atoms with E-state index in [1.807, 2.05) is 42.5 Å². The quantitative estimate of drug-likeness (QED) is 0.493. The maximum absolute atomic E-state index is 12.0. The molecule has 188 valence electrons. The Labute approximate surface area is 206 Å². The molecule has 0 radical (unpaired) electrons. The molecule has 2 aliphatic heterocycles. The van der Waals surface area contributed by atoms with Crippen LogP contribution in [0.1, 0.15) is 42.4 Å². The van der Waals surface area contributed by atoms with Crippen molar-refractivity contribution in [3.05, 3.63) is 77.9 Å². The van der Waals surface area contributed by atoms with E-state index in [-0.39, 0.29) is 37.4 Å². The van der Waals surface area contributed by atoms with Crippen LogP contribution in [0.4, 0.5) is 10.5 Å². The predicted octanol–water partition coefficient (Wildman–Crippen LogP) is 3.77. The number of likely N-dealkylation sites (tertiary alicyclic amines) is 1. The SMILES string of the molecule is C=CCOC(=O)Nc1cccc([C@@H]2O[C@H](CN3CC[C@H](O)C3)[C@H](C)[C@H](c3ccc(CO)cc3)O2)c1. The Morgan fingerprint density at radius 2 is 2.03 bits per heavy atom. The van der Waals surface area contributed by atoms with Crippen molar-refractivity contribution in [1.82, 2.24) is 4.90 Å². The number of amides is 1. The molecule has 2 heterocycles. The van der Waals surface area contributed by atoms with Crippen LogP contribution < -0.4 is 5.32 Å². The number of nitrogens with one attached hydrogen (secondary N) is 1. The summed E-state index contributed by atoms with van der Waals surface area (Å²) in [5, 5.41) is 22.1. The van der Waals surface area contributed by atoms with E-state index in [2.05, 4.69) is 23.7 Å². The first-order valence-electron chi connectivity index (χ1n) is 12.0. The topological polar surface area (TPSA) is 100 Å². The number of ether oxygens (including phenoxy) is 3. The van der Waals surface area contributed by atoms with Crippen LogP contribution in [0.2, 0.25) is 0 Å². The van der Waals surface area contributed by atoms with Gasteiger partial charge in [-0.1, -0.05) is 56.0 Å². The summed E-state index contributed by atoms with van der Waals surface area (Å²) in [4.78, 5) is 14.2. The highest BCUT2D eigenvalue weighted by Crippen LogP contribution is 2.42. The molecule has 3 N–H and O–H groups in total. The second kappa shape index (κ2) is 11.8. The normalized spacial score (nSPS) is 26.9. The van der Waals surface area contributed by atoms with Crippen LogP contribution in [0, 0.1) is 5.92 Å². The number of anilines is 1. The van der Waals surface area contributed by atoms with Crippen LogP contribution in [0.5, 0.6) is 0 Å². The van der Waals surface area contributed by atoms with Crippen molar-refractivity contribution in [2.24, 2.45) is 5.92 Å². The van der Waals surface area contributed by atoms with Gasteiger partial charge in [0.05, 0.1) is 24.9 Å². The van der Waals surface area contributed by atoms with E-state index in [0.717, 1.165) is 29.7 Å².